The van der Waals surface area contributed by atoms with Crippen LogP contribution in [0.4, 0.5) is 5.69 Å². The third-order valence-electron chi connectivity index (χ3n) is 4.58. The molecule has 9 nitrogen and oxygen atoms in total. The lowest BCUT2D eigenvalue weighted by molar-refractivity contribution is -0.113. The molecule has 1 amide bonds. The quantitative estimate of drug-likeness (QED) is 0.362. The molecule has 0 atom stereocenters. The molecule has 0 aliphatic rings. The number of anilines is 1. The Morgan fingerprint density at radius 3 is 2.31 bits per heavy atom. The Bertz CT molecular complexity index is 1220. The molecule has 0 saturated heterocycles. The van der Waals surface area contributed by atoms with E-state index < -0.39 is 10.0 Å². The number of carbonyl (C=O) groups is 2. The number of nitrogens with one attached hydrogen (secondary N) is 2. The largest absolute Gasteiger partial charge is 0.325 e. The van der Waals surface area contributed by atoms with Gasteiger partial charge in [0.1, 0.15) is 5.82 Å². The monoisotopic (exact) mass is 473 g/mol. The van der Waals surface area contributed by atoms with E-state index in [1.807, 2.05) is 6.92 Å². The molecule has 2 N–H and O–H groups in total. The van der Waals surface area contributed by atoms with Crippen LogP contribution in [0.5, 0.6) is 0 Å². The maximum Gasteiger partial charge on any atom is 0.240 e. The Balaban J connectivity index is 1.54. The number of hydrogen-bond donors (Lipinski definition) is 2. The Morgan fingerprint density at radius 2 is 1.69 bits per heavy atom. The predicted octanol–water partition coefficient (Wildman–Crippen LogP) is 2.54. The molecule has 0 spiro atoms. The number of hydrogen-bond acceptors (Lipinski definition) is 7. The lowest BCUT2D eigenvalue weighted by atomic mass is 10.1. The third kappa shape index (κ3) is 6.02. The first-order chi connectivity index (χ1) is 15.2. The number of nitrogens with zero attached hydrogens (tertiary/aromatic N) is 3. The van der Waals surface area contributed by atoms with E-state index in [0.717, 1.165) is 5.56 Å². The molecule has 0 bridgehead atoms. The van der Waals surface area contributed by atoms with E-state index in [1.165, 1.54) is 18.7 Å². The van der Waals surface area contributed by atoms with Crippen molar-refractivity contribution in [1.29, 1.82) is 0 Å². The molecule has 168 valence electrons. The summed E-state index contributed by atoms with van der Waals surface area (Å²) in [6, 6.07) is 13.2. The SMILES string of the molecule is CC(=O)c1ccc(NC(=O)CSc2nnc(CNS(=O)(=O)c3ccc(C)cc3)n2C)cc1. The molecule has 11 heteroatoms. The summed E-state index contributed by atoms with van der Waals surface area (Å²) in [7, 11) is -1.97. The van der Waals surface area contributed by atoms with Crippen LogP contribution in [0.25, 0.3) is 0 Å². The fourth-order valence-corrected chi connectivity index (χ4v) is 4.41. The number of benzene rings is 2. The third-order valence-corrected chi connectivity index (χ3v) is 7.02. The maximum atomic E-state index is 12.4. The number of ketones is 1. The van der Waals surface area contributed by atoms with Gasteiger partial charge in [-0.1, -0.05) is 29.5 Å². The van der Waals surface area contributed by atoms with Crippen LogP contribution in [0.2, 0.25) is 0 Å². The zero-order chi connectivity index (χ0) is 23.3. The van der Waals surface area contributed by atoms with Gasteiger partial charge in [0.2, 0.25) is 15.9 Å². The maximum absolute atomic E-state index is 12.4. The van der Waals surface area contributed by atoms with Crippen molar-refractivity contribution < 1.29 is 18.0 Å². The van der Waals surface area contributed by atoms with Crippen LogP contribution in [0.1, 0.15) is 28.7 Å². The van der Waals surface area contributed by atoms with E-state index in [4.69, 9.17) is 0 Å². The number of rotatable bonds is 9. The number of aromatic nitrogens is 3. The lowest BCUT2D eigenvalue weighted by Gasteiger charge is -2.08. The Morgan fingerprint density at radius 1 is 1.03 bits per heavy atom. The number of sulfonamides is 1. The average Bonchev–Trinajstić information content (AvgIpc) is 3.11. The lowest BCUT2D eigenvalue weighted by Crippen LogP contribution is -2.24. The summed E-state index contributed by atoms with van der Waals surface area (Å²) in [6.45, 7) is 3.33. The van der Waals surface area contributed by atoms with Crippen molar-refractivity contribution in [3.8, 4) is 0 Å². The fraction of sp³-hybridized carbons (Fsp3) is 0.238. The van der Waals surface area contributed by atoms with Crippen LogP contribution in [0, 0.1) is 6.92 Å². The topological polar surface area (TPSA) is 123 Å². The van der Waals surface area contributed by atoms with E-state index in [1.54, 1.807) is 60.1 Å². The van der Waals surface area contributed by atoms with Crippen molar-refractivity contribution in [3.63, 3.8) is 0 Å². The first-order valence-electron chi connectivity index (χ1n) is 9.64. The first-order valence-corrected chi connectivity index (χ1v) is 12.1. The van der Waals surface area contributed by atoms with Crippen molar-refractivity contribution in [2.75, 3.05) is 11.1 Å². The Hall–Kier alpha value is -3.02. The number of Topliss-reactive ketones (excluding diaryl/α,β-unsaturated/α-hetero) is 1. The summed E-state index contributed by atoms with van der Waals surface area (Å²) in [5, 5.41) is 11.3. The Kier molecular flexibility index (Phi) is 7.44. The van der Waals surface area contributed by atoms with Crippen LogP contribution in [-0.2, 0) is 28.4 Å². The van der Waals surface area contributed by atoms with Crippen LogP contribution in [0.15, 0.2) is 58.6 Å². The second-order valence-electron chi connectivity index (χ2n) is 7.07. The van der Waals surface area contributed by atoms with Gasteiger partial charge in [-0.25, -0.2) is 13.1 Å². The summed E-state index contributed by atoms with van der Waals surface area (Å²) >= 11 is 1.18. The minimum absolute atomic E-state index is 0.0328. The number of aryl methyl sites for hydroxylation is 1. The zero-order valence-electron chi connectivity index (χ0n) is 17.8. The van der Waals surface area contributed by atoms with Crippen molar-refractivity contribution in [2.45, 2.75) is 30.4 Å². The minimum Gasteiger partial charge on any atom is -0.325 e. The van der Waals surface area contributed by atoms with E-state index in [-0.39, 0.29) is 28.9 Å². The average molecular weight is 474 g/mol. The molecule has 1 heterocycles. The van der Waals surface area contributed by atoms with E-state index >= 15 is 0 Å². The molecule has 0 aliphatic carbocycles. The van der Waals surface area contributed by atoms with Crippen molar-refractivity contribution in [3.05, 3.63) is 65.5 Å². The number of carbonyl (C=O) groups excluding carboxylic acids is 2. The van der Waals surface area contributed by atoms with Gasteiger partial charge >= 0.3 is 0 Å². The van der Waals surface area contributed by atoms with Gasteiger partial charge < -0.3 is 9.88 Å². The minimum atomic E-state index is -3.67. The second kappa shape index (κ2) is 10.1. The van der Waals surface area contributed by atoms with Gasteiger partial charge in [-0.2, -0.15) is 0 Å². The van der Waals surface area contributed by atoms with Gasteiger partial charge in [-0.05, 0) is 50.2 Å². The number of amides is 1. The predicted molar refractivity (Wildman–Crippen MR) is 122 cm³/mol. The molecule has 1 aromatic heterocycles. The van der Waals surface area contributed by atoms with Gasteiger partial charge in [-0.15, -0.1) is 10.2 Å². The van der Waals surface area contributed by atoms with Gasteiger partial charge in [0, 0.05) is 18.3 Å². The molecule has 0 radical (unpaired) electrons. The molecule has 0 unspecified atom stereocenters. The summed E-state index contributed by atoms with van der Waals surface area (Å²) in [6.07, 6.45) is 0. The van der Waals surface area contributed by atoms with Gasteiger partial charge in [-0.3, -0.25) is 9.59 Å². The summed E-state index contributed by atoms with van der Waals surface area (Å²) in [5.41, 5.74) is 2.13. The standard InChI is InChI=1S/C21H23N5O4S2/c1-14-4-10-18(11-5-14)32(29,30)22-12-19-24-25-21(26(19)3)31-13-20(28)23-17-8-6-16(7-9-17)15(2)27/h4-11,22H,12-13H2,1-3H3,(H,23,28). The molecule has 0 saturated carbocycles. The Labute approximate surface area is 190 Å². The van der Waals surface area contributed by atoms with Crippen LogP contribution in [0.3, 0.4) is 0 Å². The highest BCUT2D eigenvalue weighted by atomic mass is 32.2. The molecule has 3 aromatic rings. The van der Waals surface area contributed by atoms with Gasteiger partial charge in [0.25, 0.3) is 0 Å². The van der Waals surface area contributed by atoms with Gasteiger partial charge in [0.15, 0.2) is 10.9 Å². The molecular weight excluding hydrogens is 450 g/mol. The van der Waals surface area contributed by atoms with Gasteiger partial charge in [0.05, 0.1) is 17.2 Å². The van der Waals surface area contributed by atoms with E-state index in [0.29, 0.717) is 22.2 Å². The zero-order valence-corrected chi connectivity index (χ0v) is 19.5. The van der Waals surface area contributed by atoms with E-state index in [9.17, 15) is 18.0 Å². The first kappa shape index (κ1) is 23.6. The van der Waals surface area contributed by atoms with E-state index in [2.05, 4.69) is 20.2 Å². The molecule has 0 fully saturated rings. The highest BCUT2D eigenvalue weighted by Crippen LogP contribution is 2.17. The van der Waals surface area contributed by atoms with Crippen LogP contribution in [-0.4, -0.2) is 40.6 Å². The summed E-state index contributed by atoms with van der Waals surface area (Å²) in [4.78, 5) is 23.7. The smallest absolute Gasteiger partial charge is 0.240 e. The fourth-order valence-electron chi connectivity index (χ4n) is 2.70. The van der Waals surface area contributed by atoms with Crippen molar-refractivity contribution >= 4 is 39.2 Å². The normalized spacial score (nSPS) is 11.3. The molecule has 3 rings (SSSR count). The molecular formula is C21H23N5O4S2. The van der Waals surface area contributed by atoms with Crippen molar-refractivity contribution in [2.24, 2.45) is 7.05 Å². The number of thioether (sulfide) groups is 1. The highest BCUT2D eigenvalue weighted by Gasteiger charge is 2.17. The summed E-state index contributed by atoms with van der Waals surface area (Å²) < 4.78 is 29.0. The van der Waals surface area contributed by atoms with Crippen molar-refractivity contribution in [1.82, 2.24) is 19.5 Å². The molecule has 0 aliphatic heterocycles. The highest BCUT2D eigenvalue weighted by molar-refractivity contribution is 7.99. The summed E-state index contributed by atoms with van der Waals surface area (Å²) in [5.74, 6) is 0.228. The van der Waals surface area contributed by atoms with Crippen LogP contribution < -0.4 is 10.0 Å². The second-order valence-corrected chi connectivity index (χ2v) is 9.78. The molecule has 32 heavy (non-hydrogen) atoms. The molecule has 2 aromatic carbocycles. The van der Waals surface area contributed by atoms with Crippen LogP contribution >= 0.6 is 11.8 Å².